The molecule has 0 saturated carbocycles. The number of carbonyl (C=O) groups excluding carboxylic acids is 2. The Hall–Kier alpha value is -1.17. The van der Waals surface area contributed by atoms with Gasteiger partial charge in [-0.15, -0.1) is 6.58 Å². The van der Waals surface area contributed by atoms with E-state index in [4.69, 9.17) is 4.74 Å². The highest BCUT2D eigenvalue weighted by Gasteiger charge is 2.42. The molecule has 20 heavy (non-hydrogen) atoms. The fraction of sp³-hybridized carbons (Fsp3) is 0.714. The van der Waals surface area contributed by atoms with Gasteiger partial charge in [-0.3, -0.25) is 4.79 Å². The second kappa shape index (κ2) is 7.02. The number of hydrogen-bond donors (Lipinski definition) is 2. The molecule has 0 bridgehead atoms. The summed E-state index contributed by atoms with van der Waals surface area (Å²) in [6.07, 6.45) is 5.22. The lowest BCUT2D eigenvalue weighted by atomic mass is 9.96. The molecule has 1 unspecified atom stereocenters. The maximum atomic E-state index is 11.6. The van der Waals surface area contributed by atoms with Crippen LogP contribution in [-0.4, -0.2) is 42.2 Å². The maximum Gasteiger partial charge on any atom is 0.315 e. The molecular weight excluding hydrogens is 276 g/mol. The molecule has 2 rings (SSSR count). The van der Waals surface area contributed by atoms with Gasteiger partial charge in [0.1, 0.15) is 0 Å². The lowest BCUT2D eigenvalue weighted by Crippen LogP contribution is -2.36. The predicted molar refractivity (Wildman–Crippen MR) is 79.7 cm³/mol. The molecule has 0 aromatic rings. The van der Waals surface area contributed by atoms with Gasteiger partial charge in [0.2, 0.25) is 0 Å². The zero-order valence-corrected chi connectivity index (χ0v) is 12.6. The molecule has 2 aliphatic heterocycles. The number of carbonyl (C=O) groups is 2. The van der Waals surface area contributed by atoms with Crippen molar-refractivity contribution in [2.45, 2.75) is 43.0 Å². The summed E-state index contributed by atoms with van der Waals surface area (Å²) in [6, 6.07) is 0.454. The topological polar surface area (TPSA) is 67.4 Å². The van der Waals surface area contributed by atoms with Crippen LogP contribution in [0.3, 0.4) is 0 Å². The Balaban J connectivity index is 1.76. The Labute approximate surface area is 123 Å². The fourth-order valence-electron chi connectivity index (χ4n) is 2.91. The highest BCUT2D eigenvalue weighted by Crippen LogP contribution is 2.33. The Bertz CT molecular complexity index is 389. The summed E-state index contributed by atoms with van der Waals surface area (Å²) in [5.74, 6) is 0.731. The van der Waals surface area contributed by atoms with Gasteiger partial charge in [0.25, 0.3) is 0 Å². The van der Waals surface area contributed by atoms with Crippen LogP contribution in [0, 0.1) is 5.92 Å². The summed E-state index contributed by atoms with van der Waals surface area (Å²) in [7, 11) is 1.43. The number of amides is 2. The van der Waals surface area contributed by atoms with E-state index < -0.39 is 0 Å². The van der Waals surface area contributed by atoms with E-state index >= 15 is 0 Å². The number of fused-ring (bicyclic) bond motifs is 1. The summed E-state index contributed by atoms with van der Waals surface area (Å²) in [4.78, 5) is 22.9. The van der Waals surface area contributed by atoms with Crippen LogP contribution < -0.4 is 10.6 Å². The molecular formula is C14H22N2O3S. The Morgan fingerprint density at radius 1 is 1.60 bits per heavy atom. The third kappa shape index (κ3) is 3.48. The van der Waals surface area contributed by atoms with Crippen LogP contribution >= 0.6 is 11.8 Å². The minimum absolute atomic E-state index is 0.0515. The molecule has 112 valence electrons. The van der Waals surface area contributed by atoms with E-state index in [1.54, 1.807) is 6.08 Å². The van der Waals surface area contributed by atoms with Crippen LogP contribution in [0.25, 0.3) is 0 Å². The molecule has 0 aromatic heterocycles. The first-order valence-electron chi connectivity index (χ1n) is 7.03. The van der Waals surface area contributed by atoms with Gasteiger partial charge in [0.05, 0.1) is 25.1 Å². The molecule has 0 aliphatic carbocycles. The molecule has 0 spiro atoms. The van der Waals surface area contributed by atoms with E-state index in [-0.39, 0.29) is 30.0 Å². The molecule has 2 fully saturated rings. The third-order valence-corrected chi connectivity index (χ3v) is 5.47. The van der Waals surface area contributed by atoms with Gasteiger partial charge in [-0.25, -0.2) is 4.79 Å². The first-order chi connectivity index (χ1) is 9.65. The van der Waals surface area contributed by atoms with E-state index in [1.165, 1.54) is 7.11 Å². The zero-order chi connectivity index (χ0) is 14.5. The van der Waals surface area contributed by atoms with Gasteiger partial charge < -0.3 is 15.4 Å². The van der Waals surface area contributed by atoms with Gasteiger partial charge >= 0.3 is 12.0 Å². The fourth-order valence-corrected chi connectivity index (χ4v) is 4.45. The van der Waals surface area contributed by atoms with Gasteiger partial charge in [-0.05, 0) is 19.3 Å². The number of ether oxygens (including phenoxy) is 1. The summed E-state index contributed by atoms with van der Waals surface area (Å²) in [5.41, 5.74) is 0. The SMILES string of the molecule is C=CCC(CCC[C@@H]1SC[C@@H]2NC(=O)N[C@@H]21)C(=O)OC. The van der Waals surface area contributed by atoms with Crippen LogP contribution in [0.4, 0.5) is 4.79 Å². The van der Waals surface area contributed by atoms with Crippen molar-refractivity contribution >= 4 is 23.8 Å². The van der Waals surface area contributed by atoms with E-state index in [2.05, 4.69) is 17.2 Å². The quantitative estimate of drug-likeness (QED) is 0.426. The van der Waals surface area contributed by atoms with Crippen LogP contribution in [0.5, 0.6) is 0 Å². The van der Waals surface area contributed by atoms with Crippen molar-refractivity contribution in [3.63, 3.8) is 0 Å². The van der Waals surface area contributed by atoms with E-state index in [0.29, 0.717) is 11.7 Å². The molecule has 2 heterocycles. The van der Waals surface area contributed by atoms with Crippen molar-refractivity contribution < 1.29 is 14.3 Å². The monoisotopic (exact) mass is 298 g/mol. The van der Waals surface area contributed by atoms with Crippen LogP contribution in [0.1, 0.15) is 25.7 Å². The summed E-state index contributed by atoms with van der Waals surface area (Å²) in [5, 5.41) is 6.36. The number of rotatable bonds is 7. The summed E-state index contributed by atoms with van der Waals surface area (Å²) < 4.78 is 4.81. The number of urea groups is 1. The van der Waals surface area contributed by atoms with Crippen LogP contribution in [0.2, 0.25) is 0 Å². The van der Waals surface area contributed by atoms with E-state index in [9.17, 15) is 9.59 Å². The first-order valence-corrected chi connectivity index (χ1v) is 8.08. The first kappa shape index (κ1) is 15.2. The van der Waals surface area contributed by atoms with E-state index in [1.807, 2.05) is 11.8 Å². The second-order valence-electron chi connectivity index (χ2n) is 5.30. The number of allylic oxidation sites excluding steroid dienone is 1. The van der Waals surface area contributed by atoms with Crippen LogP contribution in [0.15, 0.2) is 12.7 Å². The van der Waals surface area contributed by atoms with Crippen LogP contribution in [-0.2, 0) is 9.53 Å². The number of nitrogens with one attached hydrogen (secondary N) is 2. The standard InChI is InChI=1S/C14H22N2O3S/c1-3-5-9(13(17)19-2)6-4-7-11-12-10(8-20-11)15-14(18)16-12/h3,9-12H,1,4-8H2,2H3,(H2,15,16,18)/t9?,10-,11-,12-/m0/s1. The van der Waals surface area contributed by atoms with Gasteiger partial charge in [0.15, 0.2) is 0 Å². The molecule has 5 nitrogen and oxygen atoms in total. The number of esters is 1. The predicted octanol–water partition coefficient (Wildman–Crippen LogP) is 1.69. The minimum Gasteiger partial charge on any atom is -0.469 e. The highest BCUT2D eigenvalue weighted by molar-refractivity contribution is 8.00. The van der Waals surface area contributed by atoms with E-state index in [0.717, 1.165) is 25.0 Å². The average molecular weight is 298 g/mol. The minimum atomic E-state index is -0.155. The molecule has 2 N–H and O–H groups in total. The Kier molecular flexibility index (Phi) is 5.34. The Morgan fingerprint density at radius 3 is 3.10 bits per heavy atom. The smallest absolute Gasteiger partial charge is 0.315 e. The van der Waals surface area contributed by atoms with Gasteiger partial charge in [-0.1, -0.05) is 12.5 Å². The molecule has 2 amide bonds. The zero-order valence-electron chi connectivity index (χ0n) is 11.8. The van der Waals surface area contributed by atoms with Crippen molar-refractivity contribution in [1.82, 2.24) is 10.6 Å². The number of thioether (sulfide) groups is 1. The summed E-state index contributed by atoms with van der Waals surface area (Å²) in [6.45, 7) is 3.69. The molecule has 2 saturated heterocycles. The molecule has 6 heteroatoms. The number of hydrogen-bond acceptors (Lipinski definition) is 4. The normalized spacial score (nSPS) is 29.2. The molecule has 2 aliphatic rings. The van der Waals surface area contributed by atoms with Crippen molar-refractivity contribution in [3.8, 4) is 0 Å². The lowest BCUT2D eigenvalue weighted by Gasteiger charge is -2.18. The largest absolute Gasteiger partial charge is 0.469 e. The molecule has 4 atom stereocenters. The van der Waals surface area contributed by atoms with Gasteiger partial charge in [-0.2, -0.15) is 11.8 Å². The van der Waals surface area contributed by atoms with Crippen molar-refractivity contribution in [1.29, 1.82) is 0 Å². The highest BCUT2D eigenvalue weighted by atomic mass is 32.2. The van der Waals surface area contributed by atoms with Crippen molar-refractivity contribution in [2.24, 2.45) is 5.92 Å². The Morgan fingerprint density at radius 2 is 2.40 bits per heavy atom. The van der Waals surface area contributed by atoms with Crippen molar-refractivity contribution in [3.05, 3.63) is 12.7 Å². The molecule has 0 radical (unpaired) electrons. The number of methoxy groups -OCH3 is 1. The average Bonchev–Trinajstić information content (AvgIpc) is 2.97. The van der Waals surface area contributed by atoms with Crippen molar-refractivity contribution in [2.75, 3.05) is 12.9 Å². The maximum absolute atomic E-state index is 11.6. The second-order valence-corrected chi connectivity index (χ2v) is 6.57. The lowest BCUT2D eigenvalue weighted by molar-refractivity contribution is -0.145. The summed E-state index contributed by atoms with van der Waals surface area (Å²) >= 11 is 1.90. The van der Waals surface area contributed by atoms with Gasteiger partial charge in [0, 0.05) is 11.0 Å². The molecule has 0 aromatic carbocycles. The third-order valence-electron chi connectivity index (χ3n) is 3.97.